The number of likely N-dealkylation sites (N-methyl/N-ethyl adjacent to an activating group) is 1. The highest BCUT2D eigenvalue weighted by atomic mass is 16.5. The number of carbonyl (C=O) groups excluding carboxylic acids is 2. The molecule has 0 fully saturated rings. The molecule has 0 aliphatic rings. The SMILES string of the molecule is CNC[C@H](NC(=O)c1ccc(C#C/C=C/c2ccccc2)cc1)C(=O)OC. The van der Waals surface area contributed by atoms with Crippen LogP contribution in [0.5, 0.6) is 0 Å². The molecule has 0 aliphatic heterocycles. The molecule has 0 aliphatic carbocycles. The first-order valence-electron chi connectivity index (χ1n) is 8.50. The third-order valence-corrected chi connectivity index (χ3v) is 3.72. The summed E-state index contributed by atoms with van der Waals surface area (Å²) in [6.07, 6.45) is 3.72. The van der Waals surface area contributed by atoms with Crippen LogP contribution < -0.4 is 10.6 Å². The van der Waals surface area contributed by atoms with Gasteiger partial charge in [-0.3, -0.25) is 4.79 Å². The number of amides is 1. The first kappa shape index (κ1) is 20.0. The highest BCUT2D eigenvalue weighted by Crippen LogP contribution is 2.05. The number of rotatable bonds is 6. The van der Waals surface area contributed by atoms with Crippen LogP contribution in [0, 0.1) is 11.8 Å². The van der Waals surface area contributed by atoms with Crippen molar-refractivity contribution < 1.29 is 14.3 Å². The zero-order valence-corrected chi connectivity index (χ0v) is 15.4. The molecule has 1 atom stereocenters. The Balaban J connectivity index is 1.98. The second kappa shape index (κ2) is 10.6. The summed E-state index contributed by atoms with van der Waals surface area (Å²) in [6.45, 7) is 0.287. The van der Waals surface area contributed by atoms with Crippen molar-refractivity contribution in [1.82, 2.24) is 10.6 Å². The Labute approximate surface area is 159 Å². The summed E-state index contributed by atoms with van der Waals surface area (Å²) in [7, 11) is 2.98. The van der Waals surface area contributed by atoms with E-state index >= 15 is 0 Å². The molecule has 0 aromatic heterocycles. The summed E-state index contributed by atoms with van der Waals surface area (Å²) >= 11 is 0. The van der Waals surface area contributed by atoms with Crippen LogP contribution in [0.15, 0.2) is 60.7 Å². The molecular formula is C22H22N2O3. The first-order valence-corrected chi connectivity index (χ1v) is 8.50. The van der Waals surface area contributed by atoms with Gasteiger partial charge in [-0.15, -0.1) is 0 Å². The third-order valence-electron chi connectivity index (χ3n) is 3.72. The van der Waals surface area contributed by atoms with E-state index in [9.17, 15) is 9.59 Å². The number of allylic oxidation sites excluding steroid dienone is 1. The highest BCUT2D eigenvalue weighted by Gasteiger charge is 2.21. The number of carbonyl (C=O) groups is 2. The topological polar surface area (TPSA) is 67.4 Å². The van der Waals surface area contributed by atoms with Crippen LogP contribution in [-0.2, 0) is 9.53 Å². The Morgan fingerprint density at radius 2 is 1.81 bits per heavy atom. The maximum absolute atomic E-state index is 12.3. The molecule has 0 spiro atoms. The van der Waals surface area contributed by atoms with Gasteiger partial charge in [0.15, 0.2) is 0 Å². The Hall–Kier alpha value is -3.36. The molecular weight excluding hydrogens is 340 g/mol. The van der Waals surface area contributed by atoms with Gasteiger partial charge in [0.05, 0.1) is 7.11 Å². The van der Waals surface area contributed by atoms with Gasteiger partial charge < -0.3 is 15.4 Å². The lowest BCUT2D eigenvalue weighted by molar-refractivity contribution is -0.142. The number of esters is 1. The van der Waals surface area contributed by atoms with E-state index in [2.05, 4.69) is 27.2 Å². The number of nitrogens with one attached hydrogen (secondary N) is 2. The average Bonchev–Trinajstić information content (AvgIpc) is 2.71. The Kier molecular flexibility index (Phi) is 7.83. The zero-order valence-electron chi connectivity index (χ0n) is 15.4. The van der Waals surface area contributed by atoms with E-state index in [0.717, 1.165) is 11.1 Å². The van der Waals surface area contributed by atoms with Gasteiger partial charge in [-0.1, -0.05) is 42.2 Å². The van der Waals surface area contributed by atoms with Crippen molar-refractivity contribution in [2.24, 2.45) is 0 Å². The summed E-state index contributed by atoms with van der Waals surface area (Å²) in [4.78, 5) is 24.0. The summed E-state index contributed by atoms with van der Waals surface area (Å²) in [5.41, 5.74) is 2.33. The van der Waals surface area contributed by atoms with Gasteiger partial charge in [0.25, 0.3) is 5.91 Å². The molecule has 2 aromatic rings. The summed E-state index contributed by atoms with van der Waals surface area (Å²) in [6, 6.07) is 16.1. The van der Waals surface area contributed by atoms with Crippen LogP contribution in [0.25, 0.3) is 6.08 Å². The van der Waals surface area contributed by atoms with E-state index in [0.29, 0.717) is 5.56 Å². The molecule has 138 valence electrons. The van der Waals surface area contributed by atoms with E-state index in [-0.39, 0.29) is 12.5 Å². The third kappa shape index (κ3) is 6.46. The molecule has 2 aromatic carbocycles. The molecule has 0 radical (unpaired) electrons. The summed E-state index contributed by atoms with van der Waals surface area (Å²) < 4.78 is 4.69. The van der Waals surface area contributed by atoms with Gasteiger partial charge in [-0.2, -0.15) is 0 Å². The van der Waals surface area contributed by atoms with Crippen molar-refractivity contribution >= 4 is 18.0 Å². The summed E-state index contributed by atoms with van der Waals surface area (Å²) in [5.74, 6) is 5.15. The molecule has 1 amide bonds. The summed E-state index contributed by atoms with van der Waals surface area (Å²) in [5, 5.41) is 5.50. The minimum absolute atomic E-state index is 0.287. The van der Waals surface area contributed by atoms with Gasteiger partial charge in [0.2, 0.25) is 0 Å². The molecule has 27 heavy (non-hydrogen) atoms. The van der Waals surface area contributed by atoms with Crippen molar-refractivity contribution in [3.05, 3.63) is 77.4 Å². The molecule has 0 unspecified atom stereocenters. The van der Waals surface area contributed by atoms with Crippen LogP contribution in [0.2, 0.25) is 0 Å². The van der Waals surface area contributed by atoms with Crippen LogP contribution in [0.3, 0.4) is 0 Å². The number of hydrogen-bond acceptors (Lipinski definition) is 4. The van der Waals surface area contributed by atoms with E-state index in [1.807, 2.05) is 36.4 Å². The molecule has 0 bridgehead atoms. The van der Waals surface area contributed by atoms with E-state index in [4.69, 9.17) is 0 Å². The van der Waals surface area contributed by atoms with Crippen LogP contribution >= 0.6 is 0 Å². The Morgan fingerprint density at radius 1 is 1.11 bits per heavy atom. The van der Waals surface area contributed by atoms with E-state index in [1.54, 1.807) is 37.4 Å². The smallest absolute Gasteiger partial charge is 0.329 e. The predicted octanol–water partition coefficient (Wildman–Crippen LogP) is 2.24. The molecule has 0 saturated heterocycles. The zero-order chi connectivity index (χ0) is 19.5. The van der Waals surface area contributed by atoms with Gasteiger partial charge in [-0.25, -0.2) is 4.79 Å². The molecule has 5 nitrogen and oxygen atoms in total. The van der Waals surface area contributed by atoms with Crippen LogP contribution in [-0.4, -0.2) is 38.6 Å². The van der Waals surface area contributed by atoms with Crippen molar-refractivity contribution in [2.75, 3.05) is 20.7 Å². The fourth-order valence-corrected chi connectivity index (χ4v) is 2.31. The largest absolute Gasteiger partial charge is 0.467 e. The average molecular weight is 362 g/mol. The predicted molar refractivity (Wildman–Crippen MR) is 106 cm³/mol. The fraction of sp³-hybridized carbons (Fsp3) is 0.182. The lowest BCUT2D eigenvalue weighted by atomic mass is 10.1. The standard InChI is InChI=1S/C22H22N2O3/c1-23-16-20(22(26)27-2)24-21(25)19-14-12-18(13-15-19)11-7-6-10-17-8-4-3-5-9-17/h3-6,8-10,12-15,20,23H,16H2,1-2H3,(H,24,25)/b10-6+/t20-/m0/s1. The van der Waals surface area contributed by atoms with E-state index < -0.39 is 12.0 Å². The maximum atomic E-state index is 12.3. The Morgan fingerprint density at radius 3 is 2.44 bits per heavy atom. The molecule has 2 N–H and O–H groups in total. The number of ether oxygens (including phenoxy) is 1. The van der Waals surface area contributed by atoms with Crippen molar-refractivity contribution in [1.29, 1.82) is 0 Å². The monoisotopic (exact) mass is 362 g/mol. The molecule has 2 rings (SSSR count). The first-order chi connectivity index (χ1) is 13.1. The van der Waals surface area contributed by atoms with Gasteiger partial charge in [0, 0.05) is 17.7 Å². The number of hydrogen-bond donors (Lipinski definition) is 2. The van der Waals surface area contributed by atoms with Crippen molar-refractivity contribution in [2.45, 2.75) is 6.04 Å². The van der Waals surface area contributed by atoms with Crippen molar-refractivity contribution in [3.8, 4) is 11.8 Å². The normalized spacial score (nSPS) is 11.3. The van der Waals surface area contributed by atoms with Gasteiger partial charge in [-0.05, 0) is 49.0 Å². The second-order valence-corrected chi connectivity index (χ2v) is 5.70. The molecule has 0 heterocycles. The van der Waals surface area contributed by atoms with Crippen LogP contribution in [0.1, 0.15) is 21.5 Å². The second-order valence-electron chi connectivity index (χ2n) is 5.70. The molecule has 5 heteroatoms. The van der Waals surface area contributed by atoms with Crippen LogP contribution in [0.4, 0.5) is 0 Å². The Bertz CT molecular complexity index is 847. The maximum Gasteiger partial charge on any atom is 0.329 e. The lowest BCUT2D eigenvalue weighted by Crippen LogP contribution is -2.47. The fourth-order valence-electron chi connectivity index (χ4n) is 2.31. The molecule has 0 saturated carbocycles. The quantitative estimate of drug-likeness (QED) is 0.611. The van der Waals surface area contributed by atoms with Gasteiger partial charge >= 0.3 is 5.97 Å². The minimum atomic E-state index is -0.741. The van der Waals surface area contributed by atoms with Crippen molar-refractivity contribution in [3.63, 3.8) is 0 Å². The highest BCUT2D eigenvalue weighted by molar-refractivity contribution is 5.96. The number of methoxy groups -OCH3 is 1. The van der Waals surface area contributed by atoms with E-state index in [1.165, 1.54) is 7.11 Å². The number of benzene rings is 2. The van der Waals surface area contributed by atoms with Gasteiger partial charge in [0.1, 0.15) is 6.04 Å². The minimum Gasteiger partial charge on any atom is -0.467 e. The lowest BCUT2D eigenvalue weighted by Gasteiger charge is -2.16.